The minimum atomic E-state index is -4.47. The molecule has 0 aliphatic heterocycles. The van der Waals surface area contributed by atoms with Crippen LogP contribution in [0.2, 0.25) is 0 Å². The van der Waals surface area contributed by atoms with E-state index in [1.807, 2.05) is 6.92 Å². The van der Waals surface area contributed by atoms with Gasteiger partial charge in [0.25, 0.3) is 5.91 Å². The monoisotopic (exact) mass is 303 g/mol. The second-order valence-electron chi connectivity index (χ2n) is 4.58. The van der Waals surface area contributed by atoms with Crippen LogP contribution in [0.15, 0.2) is 24.3 Å². The van der Waals surface area contributed by atoms with Gasteiger partial charge < -0.3 is 10.4 Å². The minimum Gasteiger partial charge on any atom is -0.480 e. The Morgan fingerprint density at radius 2 is 1.81 bits per heavy atom. The number of carbonyl (C=O) groups excluding carboxylic acids is 1. The lowest BCUT2D eigenvalue weighted by molar-refractivity contribution is -0.139. The van der Waals surface area contributed by atoms with E-state index in [1.165, 1.54) is 0 Å². The van der Waals surface area contributed by atoms with Gasteiger partial charge in [-0.15, -0.1) is 0 Å². The van der Waals surface area contributed by atoms with E-state index in [2.05, 4.69) is 5.32 Å². The highest BCUT2D eigenvalue weighted by Gasteiger charge is 2.30. The van der Waals surface area contributed by atoms with Crippen LogP contribution in [0.3, 0.4) is 0 Å². The molecule has 4 nitrogen and oxygen atoms in total. The first kappa shape index (κ1) is 17.0. The van der Waals surface area contributed by atoms with Gasteiger partial charge in [0.05, 0.1) is 5.56 Å². The summed E-state index contributed by atoms with van der Waals surface area (Å²) in [6.07, 6.45) is -2.79. The van der Waals surface area contributed by atoms with Crippen LogP contribution in [0.5, 0.6) is 0 Å². The predicted molar refractivity (Wildman–Crippen MR) is 69.9 cm³/mol. The molecule has 0 spiro atoms. The average Bonchev–Trinajstić information content (AvgIpc) is 2.42. The Hall–Kier alpha value is -2.05. The number of hydrogen-bond donors (Lipinski definition) is 2. The number of rotatable bonds is 6. The summed E-state index contributed by atoms with van der Waals surface area (Å²) in [4.78, 5) is 22.8. The van der Waals surface area contributed by atoms with E-state index < -0.39 is 29.7 Å². The zero-order valence-electron chi connectivity index (χ0n) is 11.4. The lowest BCUT2D eigenvalue weighted by atomic mass is 10.1. The summed E-state index contributed by atoms with van der Waals surface area (Å²) in [7, 11) is 0. The highest BCUT2D eigenvalue weighted by molar-refractivity contribution is 5.96. The van der Waals surface area contributed by atoms with E-state index in [0.29, 0.717) is 6.42 Å². The molecule has 0 heterocycles. The van der Waals surface area contributed by atoms with E-state index in [-0.39, 0.29) is 12.0 Å². The molecule has 7 heteroatoms. The Bertz CT molecular complexity index is 497. The fourth-order valence-corrected chi connectivity index (χ4v) is 1.72. The molecule has 1 aromatic carbocycles. The quantitative estimate of drug-likeness (QED) is 0.848. The maximum Gasteiger partial charge on any atom is 0.416 e. The molecule has 0 saturated carbocycles. The van der Waals surface area contributed by atoms with E-state index >= 15 is 0 Å². The normalized spacial score (nSPS) is 12.8. The van der Waals surface area contributed by atoms with Crippen molar-refractivity contribution in [2.75, 3.05) is 0 Å². The summed E-state index contributed by atoms with van der Waals surface area (Å²) < 4.78 is 37.2. The van der Waals surface area contributed by atoms with Crippen molar-refractivity contribution in [2.45, 2.75) is 38.4 Å². The number of carbonyl (C=O) groups is 2. The van der Waals surface area contributed by atoms with E-state index in [0.717, 1.165) is 30.7 Å². The third-order valence-corrected chi connectivity index (χ3v) is 2.92. The molecular formula is C14H16F3NO3. The second kappa shape index (κ2) is 7.10. The van der Waals surface area contributed by atoms with Crippen molar-refractivity contribution in [3.63, 3.8) is 0 Å². The average molecular weight is 303 g/mol. The second-order valence-corrected chi connectivity index (χ2v) is 4.58. The Kier molecular flexibility index (Phi) is 5.75. The summed E-state index contributed by atoms with van der Waals surface area (Å²) in [6, 6.07) is 2.58. The number of halogens is 3. The summed E-state index contributed by atoms with van der Waals surface area (Å²) >= 11 is 0. The smallest absolute Gasteiger partial charge is 0.416 e. The van der Waals surface area contributed by atoms with Crippen molar-refractivity contribution in [3.8, 4) is 0 Å². The third-order valence-electron chi connectivity index (χ3n) is 2.92. The summed E-state index contributed by atoms with van der Waals surface area (Å²) in [6.45, 7) is 1.89. The Morgan fingerprint density at radius 3 is 2.24 bits per heavy atom. The van der Waals surface area contributed by atoms with Gasteiger partial charge in [-0.25, -0.2) is 4.79 Å². The molecular weight excluding hydrogens is 287 g/mol. The molecule has 0 unspecified atom stereocenters. The minimum absolute atomic E-state index is 0.00857. The molecule has 1 rings (SSSR count). The largest absolute Gasteiger partial charge is 0.480 e. The van der Waals surface area contributed by atoms with Crippen molar-refractivity contribution < 1.29 is 27.9 Å². The molecule has 1 atom stereocenters. The molecule has 0 aliphatic carbocycles. The highest BCUT2D eigenvalue weighted by atomic mass is 19.4. The van der Waals surface area contributed by atoms with Crippen LogP contribution < -0.4 is 5.32 Å². The Balaban J connectivity index is 2.76. The first-order valence-corrected chi connectivity index (χ1v) is 6.46. The summed E-state index contributed by atoms with van der Waals surface area (Å²) in [5.74, 6) is -1.86. The fraction of sp³-hybridized carbons (Fsp3) is 0.429. The molecule has 116 valence electrons. The first-order chi connectivity index (χ1) is 9.75. The number of carboxylic acid groups (broad SMARTS) is 1. The zero-order chi connectivity index (χ0) is 16.0. The standard InChI is InChI=1S/C14H16F3NO3/c1-2-3-4-11(13(20)21)18-12(19)9-5-7-10(8-6-9)14(15,16)17/h5-8,11H,2-4H2,1H3,(H,18,19)(H,20,21)/t11-/m0/s1. The predicted octanol–water partition coefficient (Wildman–Crippen LogP) is 3.08. The number of unbranched alkanes of at least 4 members (excludes halogenated alkanes) is 1. The third kappa shape index (κ3) is 5.09. The highest BCUT2D eigenvalue weighted by Crippen LogP contribution is 2.29. The SMILES string of the molecule is CCCC[C@H](NC(=O)c1ccc(C(F)(F)F)cc1)C(=O)O. The van der Waals surface area contributed by atoms with E-state index in [9.17, 15) is 22.8 Å². The number of carboxylic acids is 1. The Labute approximate surface area is 120 Å². The van der Waals surface area contributed by atoms with Crippen molar-refractivity contribution in [1.29, 1.82) is 0 Å². The maximum atomic E-state index is 12.4. The van der Waals surface area contributed by atoms with Gasteiger partial charge in [-0.2, -0.15) is 13.2 Å². The molecule has 2 N–H and O–H groups in total. The van der Waals surface area contributed by atoms with E-state index in [4.69, 9.17) is 5.11 Å². The fourth-order valence-electron chi connectivity index (χ4n) is 1.72. The van der Waals surface area contributed by atoms with Crippen molar-refractivity contribution in [2.24, 2.45) is 0 Å². The van der Waals surface area contributed by atoms with E-state index in [1.54, 1.807) is 0 Å². The van der Waals surface area contributed by atoms with Gasteiger partial charge in [0.1, 0.15) is 6.04 Å². The topological polar surface area (TPSA) is 66.4 Å². The van der Waals surface area contributed by atoms with Gasteiger partial charge in [0.15, 0.2) is 0 Å². The van der Waals surface area contributed by atoms with Crippen LogP contribution in [0, 0.1) is 0 Å². The van der Waals surface area contributed by atoms with Gasteiger partial charge >= 0.3 is 12.1 Å². The van der Waals surface area contributed by atoms with Crippen LogP contribution >= 0.6 is 0 Å². The molecule has 1 amide bonds. The lowest BCUT2D eigenvalue weighted by Crippen LogP contribution is -2.40. The van der Waals surface area contributed by atoms with Gasteiger partial charge in [-0.1, -0.05) is 19.8 Å². The Morgan fingerprint density at radius 1 is 1.24 bits per heavy atom. The van der Waals surface area contributed by atoms with Crippen LogP contribution in [-0.2, 0) is 11.0 Å². The van der Waals surface area contributed by atoms with Crippen molar-refractivity contribution >= 4 is 11.9 Å². The van der Waals surface area contributed by atoms with Crippen LogP contribution in [0.1, 0.15) is 42.1 Å². The number of hydrogen-bond acceptors (Lipinski definition) is 2. The van der Waals surface area contributed by atoms with Crippen LogP contribution in [-0.4, -0.2) is 23.0 Å². The summed E-state index contributed by atoms with van der Waals surface area (Å²) in [5.41, 5.74) is -0.870. The molecule has 21 heavy (non-hydrogen) atoms. The molecule has 0 saturated heterocycles. The number of benzene rings is 1. The van der Waals surface area contributed by atoms with Gasteiger partial charge in [0.2, 0.25) is 0 Å². The lowest BCUT2D eigenvalue weighted by Gasteiger charge is -2.14. The molecule has 0 radical (unpaired) electrons. The molecule has 1 aromatic rings. The van der Waals surface area contributed by atoms with Gasteiger partial charge in [-0.3, -0.25) is 4.79 Å². The molecule has 0 fully saturated rings. The van der Waals surface area contributed by atoms with Crippen LogP contribution in [0.4, 0.5) is 13.2 Å². The van der Waals surface area contributed by atoms with Crippen LogP contribution in [0.25, 0.3) is 0 Å². The zero-order valence-corrected chi connectivity index (χ0v) is 11.4. The van der Waals surface area contributed by atoms with Gasteiger partial charge in [-0.05, 0) is 30.7 Å². The number of alkyl halides is 3. The molecule has 0 aliphatic rings. The number of amides is 1. The number of nitrogens with one attached hydrogen (secondary N) is 1. The van der Waals surface area contributed by atoms with Crippen molar-refractivity contribution in [1.82, 2.24) is 5.32 Å². The van der Waals surface area contributed by atoms with Crippen molar-refractivity contribution in [3.05, 3.63) is 35.4 Å². The maximum absolute atomic E-state index is 12.4. The molecule has 0 aromatic heterocycles. The summed E-state index contributed by atoms with van der Waals surface area (Å²) in [5, 5.41) is 11.3. The molecule has 0 bridgehead atoms. The first-order valence-electron chi connectivity index (χ1n) is 6.46. The number of aliphatic carboxylic acids is 1. The van der Waals surface area contributed by atoms with Gasteiger partial charge in [0, 0.05) is 5.56 Å².